The Morgan fingerprint density at radius 3 is 2.65 bits per heavy atom. The van der Waals surface area contributed by atoms with Gasteiger partial charge in [0.2, 0.25) is 10.6 Å². The van der Waals surface area contributed by atoms with Gasteiger partial charge in [-0.25, -0.2) is 9.67 Å². The first-order valence-corrected chi connectivity index (χ1v) is 11.2. The Kier molecular flexibility index (Phi) is 6.19. The third-order valence-corrected chi connectivity index (χ3v) is 6.37. The number of nitro benzene ring substituents is 1. The second kappa shape index (κ2) is 9.03. The lowest BCUT2D eigenvalue weighted by Gasteiger charge is -2.04. The predicted molar refractivity (Wildman–Crippen MR) is 125 cm³/mol. The second-order valence-electron chi connectivity index (χ2n) is 6.12. The number of aromatic hydroxyl groups is 1. The van der Waals surface area contributed by atoms with Crippen molar-refractivity contribution in [3.05, 3.63) is 89.8 Å². The molecule has 2 aromatic heterocycles. The van der Waals surface area contributed by atoms with Gasteiger partial charge in [-0.1, -0.05) is 41.4 Å². The molecule has 0 bridgehead atoms. The first kappa shape index (κ1) is 21.3. The number of thiophene rings is 1. The molecule has 7 nitrogen and oxygen atoms in total. The van der Waals surface area contributed by atoms with Crippen LogP contribution in [0.4, 0.5) is 11.4 Å². The zero-order valence-corrected chi connectivity index (χ0v) is 18.6. The van der Waals surface area contributed by atoms with Gasteiger partial charge in [0.25, 0.3) is 0 Å². The highest BCUT2D eigenvalue weighted by atomic mass is 35.5. The van der Waals surface area contributed by atoms with Gasteiger partial charge in [0.1, 0.15) is 0 Å². The number of halogens is 2. The topological polar surface area (TPSA) is 93.0 Å². The Balaban J connectivity index is 1.87. The summed E-state index contributed by atoms with van der Waals surface area (Å²) < 4.78 is 1.59. The molecule has 0 spiro atoms. The van der Waals surface area contributed by atoms with Crippen LogP contribution in [0.2, 0.25) is 10.0 Å². The Morgan fingerprint density at radius 1 is 1.13 bits per heavy atom. The summed E-state index contributed by atoms with van der Waals surface area (Å²) in [5.41, 5.74) is 0.967. The van der Waals surface area contributed by atoms with E-state index in [0.29, 0.717) is 15.5 Å². The zero-order valence-electron chi connectivity index (χ0n) is 15.5. The molecule has 2 heterocycles. The van der Waals surface area contributed by atoms with E-state index in [0.717, 1.165) is 16.6 Å². The Bertz CT molecular complexity index is 1360. The summed E-state index contributed by atoms with van der Waals surface area (Å²) in [6, 6.07) is 13.5. The van der Waals surface area contributed by atoms with Gasteiger partial charge in [0, 0.05) is 22.0 Å². The van der Waals surface area contributed by atoms with Crippen LogP contribution < -0.4 is 4.80 Å². The van der Waals surface area contributed by atoms with Crippen LogP contribution in [0.5, 0.6) is 5.75 Å². The molecule has 1 N–H and O–H groups in total. The van der Waals surface area contributed by atoms with Crippen molar-refractivity contribution >= 4 is 63.5 Å². The number of hydrogen-bond donors (Lipinski definition) is 1. The van der Waals surface area contributed by atoms with Gasteiger partial charge >= 0.3 is 5.69 Å². The fourth-order valence-electron chi connectivity index (χ4n) is 2.69. The van der Waals surface area contributed by atoms with E-state index in [9.17, 15) is 15.2 Å². The Labute approximate surface area is 193 Å². The smallest absolute Gasteiger partial charge is 0.312 e. The molecule has 2 aromatic carbocycles. The van der Waals surface area contributed by atoms with E-state index in [4.69, 9.17) is 23.2 Å². The standard InChI is InChI=1S/C20H12Cl2N4O3S2/c21-13-8-12(19(27)16(9-13)26(28)29)10-23-25-17(18-6-3-7-30-18)11-31-20(25)24-15-5-2-1-4-14(15)22/h1-11,27H. The van der Waals surface area contributed by atoms with E-state index in [1.807, 2.05) is 35.0 Å². The SMILES string of the molecule is O=[N+]([O-])c1cc(Cl)cc(C=Nn2c(-c3cccs3)csc2=Nc2ccccc2Cl)c1O. The van der Waals surface area contributed by atoms with E-state index in [1.54, 1.807) is 16.8 Å². The fraction of sp³-hybridized carbons (Fsp3) is 0. The third kappa shape index (κ3) is 4.54. The van der Waals surface area contributed by atoms with Crippen LogP contribution >= 0.6 is 45.9 Å². The molecule has 156 valence electrons. The minimum Gasteiger partial charge on any atom is -0.502 e. The molecule has 0 atom stereocenters. The third-order valence-electron chi connectivity index (χ3n) is 4.12. The molecule has 4 rings (SSSR count). The van der Waals surface area contributed by atoms with Crippen molar-refractivity contribution in [3.8, 4) is 16.3 Å². The molecule has 0 fully saturated rings. The molecule has 0 aliphatic heterocycles. The van der Waals surface area contributed by atoms with Crippen LogP contribution in [0.15, 0.2) is 69.4 Å². The Morgan fingerprint density at radius 2 is 1.94 bits per heavy atom. The minimum absolute atomic E-state index is 0.110. The summed E-state index contributed by atoms with van der Waals surface area (Å²) in [4.78, 5) is 16.6. The summed E-state index contributed by atoms with van der Waals surface area (Å²) in [5.74, 6) is -0.517. The highest BCUT2D eigenvalue weighted by Gasteiger charge is 2.18. The summed E-state index contributed by atoms with van der Waals surface area (Å²) in [7, 11) is 0. The van der Waals surface area contributed by atoms with Gasteiger partial charge in [-0.3, -0.25) is 10.1 Å². The molecule has 0 saturated heterocycles. The maximum absolute atomic E-state index is 11.2. The average molecular weight is 491 g/mol. The number of rotatable bonds is 5. The van der Waals surface area contributed by atoms with Gasteiger partial charge < -0.3 is 5.11 Å². The molecule has 0 aliphatic rings. The molecule has 0 aliphatic carbocycles. The van der Waals surface area contributed by atoms with E-state index in [2.05, 4.69) is 10.1 Å². The molecule has 0 amide bonds. The molecular formula is C20H12Cl2N4O3S2. The summed E-state index contributed by atoms with van der Waals surface area (Å²) >= 11 is 15.1. The number of benzene rings is 2. The summed E-state index contributed by atoms with van der Waals surface area (Å²) in [5, 5.41) is 30.3. The van der Waals surface area contributed by atoms with Crippen molar-refractivity contribution < 1.29 is 10.0 Å². The van der Waals surface area contributed by atoms with Crippen molar-refractivity contribution in [2.75, 3.05) is 0 Å². The molecule has 11 heteroatoms. The molecule has 4 aromatic rings. The number of aromatic nitrogens is 1. The van der Waals surface area contributed by atoms with Crippen LogP contribution in [0, 0.1) is 10.1 Å². The maximum Gasteiger partial charge on any atom is 0.312 e. The van der Waals surface area contributed by atoms with Crippen LogP contribution in [0.1, 0.15) is 5.56 Å². The van der Waals surface area contributed by atoms with Crippen molar-refractivity contribution in [1.82, 2.24) is 4.68 Å². The van der Waals surface area contributed by atoms with Gasteiger partial charge in [0.05, 0.1) is 32.4 Å². The van der Waals surface area contributed by atoms with Gasteiger partial charge in [-0.05, 0) is 29.6 Å². The van der Waals surface area contributed by atoms with Crippen molar-refractivity contribution in [1.29, 1.82) is 0 Å². The minimum atomic E-state index is -0.703. The van der Waals surface area contributed by atoms with Gasteiger partial charge in [-0.15, -0.1) is 22.7 Å². The average Bonchev–Trinajstić information content (AvgIpc) is 3.40. The van der Waals surface area contributed by atoms with Crippen molar-refractivity contribution in [2.45, 2.75) is 0 Å². The zero-order chi connectivity index (χ0) is 22.0. The number of phenols is 1. The normalized spacial score (nSPS) is 12.0. The predicted octanol–water partition coefficient (Wildman–Crippen LogP) is 6.31. The molecule has 0 radical (unpaired) electrons. The lowest BCUT2D eigenvalue weighted by Crippen LogP contribution is -2.11. The lowest BCUT2D eigenvalue weighted by molar-refractivity contribution is -0.385. The highest BCUT2D eigenvalue weighted by molar-refractivity contribution is 7.14. The number of para-hydroxylation sites is 1. The van der Waals surface area contributed by atoms with E-state index in [1.165, 1.54) is 35.0 Å². The lowest BCUT2D eigenvalue weighted by atomic mass is 10.2. The van der Waals surface area contributed by atoms with E-state index in [-0.39, 0.29) is 10.6 Å². The van der Waals surface area contributed by atoms with E-state index < -0.39 is 16.4 Å². The van der Waals surface area contributed by atoms with Gasteiger partial charge in [-0.2, -0.15) is 5.10 Å². The molecule has 31 heavy (non-hydrogen) atoms. The van der Waals surface area contributed by atoms with Crippen LogP contribution in [-0.2, 0) is 0 Å². The largest absolute Gasteiger partial charge is 0.502 e. The number of phenolic OH excluding ortho intramolecular Hbond substituents is 1. The Hall–Kier alpha value is -2.98. The fourth-order valence-corrected chi connectivity index (χ4v) is 4.73. The monoisotopic (exact) mass is 490 g/mol. The molecular weight excluding hydrogens is 479 g/mol. The van der Waals surface area contributed by atoms with E-state index >= 15 is 0 Å². The maximum atomic E-state index is 11.2. The number of nitrogens with zero attached hydrogens (tertiary/aromatic N) is 4. The number of hydrogen-bond acceptors (Lipinski definition) is 7. The van der Waals surface area contributed by atoms with Crippen LogP contribution in [0.25, 0.3) is 10.6 Å². The van der Waals surface area contributed by atoms with Crippen LogP contribution in [0.3, 0.4) is 0 Å². The van der Waals surface area contributed by atoms with Crippen molar-refractivity contribution in [3.63, 3.8) is 0 Å². The first-order chi connectivity index (χ1) is 14.9. The number of nitro groups is 1. The summed E-state index contributed by atoms with van der Waals surface area (Å²) in [6.07, 6.45) is 1.31. The van der Waals surface area contributed by atoms with Crippen molar-refractivity contribution in [2.24, 2.45) is 10.1 Å². The summed E-state index contributed by atoms with van der Waals surface area (Å²) in [6.45, 7) is 0. The quantitative estimate of drug-likeness (QED) is 0.201. The highest BCUT2D eigenvalue weighted by Crippen LogP contribution is 2.32. The van der Waals surface area contributed by atoms with Crippen LogP contribution in [-0.4, -0.2) is 20.9 Å². The van der Waals surface area contributed by atoms with Gasteiger partial charge in [0.15, 0.2) is 0 Å². The first-order valence-electron chi connectivity index (χ1n) is 8.69. The number of thiazole rings is 1. The molecule has 0 unspecified atom stereocenters. The second-order valence-corrected chi connectivity index (χ2v) is 8.75. The molecule has 0 saturated carbocycles.